The number of nitrogens with zero attached hydrogens (tertiary/aromatic N) is 6. The molecule has 1 aliphatic carbocycles. The van der Waals surface area contributed by atoms with Crippen LogP contribution >= 0.6 is 0 Å². The molecule has 208 valence electrons. The Labute approximate surface area is 233 Å². The van der Waals surface area contributed by atoms with E-state index < -0.39 is 5.82 Å². The number of carbonyl (C=O) groups excluding carboxylic acids is 1. The largest absolute Gasteiger partial charge is 0.494 e. The molecular weight excluding hydrogens is 509 g/mol. The number of hydrogen-bond donors (Lipinski definition) is 1. The molecule has 9 nitrogen and oxygen atoms in total. The van der Waals surface area contributed by atoms with Gasteiger partial charge in [-0.1, -0.05) is 23.4 Å². The van der Waals surface area contributed by atoms with Crippen LogP contribution in [0.25, 0.3) is 5.69 Å². The first-order valence-electron chi connectivity index (χ1n) is 13.8. The molecule has 0 saturated heterocycles. The van der Waals surface area contributed by atoms with Gasteiger partial charge in [-0.15, -0.1) is 5.10 Å². The van der Waals surface area contributed by atoms with Crippen molar-refractivity contribution in [3.8, 4) is 11.4 Å². The van der Waals surface area contributed by atoms with Crippen LogP contribution in [0.15, 0.2) is 42.7 Å². The van der Waals surface area contributed by atoms with Crippen molar-refractivity contribution in [1.29, 1.82) is 0 Å². The number of hydrogen-bond acceptors (Lipinski definition) is 6. The second-order valence-corrected chi connectivity index (χ2v) is 11.1. The minimum Gasteiger partial charge on any atom is -0.494 e. The number of nitrogens with one attached hydrogen (secondary N) is 1. The van der Waals surface area contributed by atoms with E-state index >= 15 is 4.39 Å². The third-order valence-electron chi connectivity index (χ3n) is 7.77. The van der Waals surface area contributed by atoms with Gasteiger partial charge in [-0.25, -0.2) is 14.1 Å². The van der Waals surface area contributed by atoms with Crippen LogP contribution in [-0.4, -0.2) is 48.5 Å². The summed E-state index contributed by atoms with van der Waals surface area (Å²) < 4.78 is 24.1. The van der Waals surface area contributed by atoms with E-state index in [1.807, 2.05) is 13.1 Å². The van der Waals surface area contributed by atoms with Gasteiger partial charge in [0.25, 0.3) is 5.91 Å². The fourth-order valence-electron chi connectivity index (χ4n) is 5.32. The molecule has 1 saturated carbocycles. The smallest absolute Gasteiger partial charge is 0.271 e. The molecule has 0 atom stereocenters. The highest BCUT2D eigenvalue weighted by Crippen LogP contribution is 2.40. The molecule has 0 bridgehead atoms. The summed E-state index contributed by atoms with van der Waals surface area (Å²) in [5, 5.41) is 10.9. The molecule has 0 radical (unpaired) electrons. The Morgan fingerprint density at radius 3 is 2.65 bits per heavy atom. The van der Waals surface area contributed by atoms with Crippen molar-refractivity contribution in [2.45, 2.75) is 71.8 Å². The molecule has 1 aliphatic heterocycles. The molecule has 2 aliphatic rings. The van der Waals surface area contributed by atoms with E-state index in [2.05, 4.69) is 57.1 Å². The standard InChI is InChI=1S/C30H34FN7O2/c1-18(2)36-15-22-6-5-20(11-23(22)16-36)14-37-17-25(33-29(37)21-7-8-21)30(39)32-12-24-26(38-13-19(3)34-35-38)9-10-27(40-4)28(24)31/h5-6,9-11,13,17-18,21H,7-8,12,14-16H2,1-4H3,(H,32,39). The first-order valence-corrected chi connectivity index (χ1v) is 13.8. The van der Waals surface area contributed by atoms with E-state index in [1.54, 1.807) is 12.3 Å². The predicted octanol–water partition coefficient (Wildman–Crippen LogP) is 4.50. The molecule has 1 fully saturated rings. The lowest BCUT2D eigenvalue weighted by molar-refractivity contribution is 0.0945. The second kappa shape index (κ2) is 10.5. The maximum atomic E-state index is 15.3. The second-order valence-electron chi connectivity index (χ2n) is 11.1. The highest BCUT2D eigenvalue weighted by Gasteiger charge is 2.30. The number of benzene rings is 2. The van der Waals surface area contributed by atoms with Gasteiger partial charge in [0, 0.05) is 49.9 Å². The maximum absolute atomic E-state index is 15.3. The zero-order valence-corrected chi connectivity index (χ0v) is 23.3. The number of aryl methyl sites for hydroxylation is 1. The molecule has 0 spiro atoms. The van der Waals surface area contributed by atoms with Crippen LogP contribution < -0.4 is 10.1 Å². The SMILES string of the molecule is COc1ccc(-n2cc(C)nn2)c(CNC(=O)c2cn(Cc3ccc4c(c3)CN(C(C)C)C4)c(C3CC3)n2)c1F. The van der Waals surface area contributed by atoms with Crippen molar-refractivity contribution < 1.29 is 13.9 Å². The molecule has 4 aromatic rings. The molecule has 1 N–H and O–H groups in total. The van der Waals surface area contributed by atoms with E-state index in [0.29, 0.717) is 35.6 Å². The topological polar surface area (TPSA) is 90.1 Å². The number of aromatic nitrogens is 5. The van der Waals surface area contributed by atoms with Crippen molar-refractivity contribution in [1.82, 2.24) is 34.8 Å². The van der Waals surface area contributed by atoms with E-state index in [0.717, 1.165) is 31.8 Å². The van der Waals surface area contributed by atoms with Crippen molar-refractivity contribution in [3.05, 3.63) is 88.0 Å². The van der Waals surface area contributed by atoms with Crippen LogP contribution in [0.5, 0.6) is 5.75 Å². The first kappa shape index (κ1) is 26.2. The van der Waals surface area contributed by atoms with Gasteiger partial charge in [0.15, 0.2) is 11.6 Å². The third kappa shape index (κ3) is 5.11. The van der Waals surface area contributed by atoms with Crippen molar-refractivity contribution in [3.63, 3.8) is 0 Å². The van der Waals surface area contributed by atoms with Crippen LogP contribution in [0, 0.1) is 12.7 Å². The lowest BCUT2D eigenvalue weighted by atomic mass is 10.1. The van der Waals surface area contributed by atoms with Crippen molar-refractivity contribution in [2.75, 3.05) is 7.11 Å². The van der Waals surface area contributed by atoms with Gasteiger partial charge in [0.2, 0.25) is 0 Å². The quantitative estimate of drug-likeness (QED) is 0.334. The summed E-state index contributed by atoms with van der Waals surface area (Å²) in [6.45, 7) is 8.81. The van der Waals surface area contributed by atoms with E-state index in [-0.39, 0.29) is 23.8 Å². The van der Waals surface area contributed by atoms with E-state index in [1.165, 1.54) is 34.5 Å². The Bertz CT molecular complexity index is 1570. The molecule has 1 amide bonds. The first-order chi connectivity index (χ1) is 19.3. The van der Waals surface area contributed by atoms with Gasteiger partial charge in [-0.3, -0.25) is 9.69 Å². The molecule has 2 aromatic heterocycles. The number of ether oxygens (including phenoxy) is 1. The van der Waals surface area contributed by atoms with E-state index in [9.17, 15) is 4.79 Å². The zero-order chi connectivity index (χ0) is 28.0. The monoisotopic (exact) mass is 543 g/mol. The van der Waals surface area contributed by atoms with Gasteiger partial charge in [0.05, 0.1) is 24.7 Å². The van der Waals surface area contributed by atoms with Crippen LogP contribution in [0.4, 0.5) is 4.39 Å². The normalized spacial score (nSPS) is 15.1. The van der Waals surface area contributed by atoms with Crippen LogP contribution in [-0.2, 0) is 26.2 Å². The zero-order valence-electron chi connectivity index (χ0n) is 23.3. The van der Waals surface area contributed by atoms with Crippen LogP contribution in [0.2, 0.25) is 0 Å². The highest BCUT2D eigenvalue weighted by atomic mass is 19.1. The summed E-state index contributed by atoms with van der Waals surface area (Å²) in [6.07, 6.45) is 5.67. The number of imidazole rings is 1. The fraction of sp³-hybridized carbons (Fsp3) is 0.400. The summed E-state index contributed by atoms with van der Waals surface area (Å²) in [6, 6.07) is 10.4. The number of halogens is 1. The Morgan fingerprint density at radius 2 is 1.95 bits per heavy atom. The molecule has 0 unspecified atom stereocenters. The van der Waals surface area contributed by atoms with Crippen molar-refractivity contribution in [2.24, 2.45) is 0 Å². The van der Waals surface area contributed by atoms with E-state index in [4.69, 9.17) is 9.72 Å². The minimum absolute atomic E-state index is 0.0566. The highest BCUT2D eigenvalue weighted by molar-refractivity contribution is 5.92. The van der Waals surface area contributed by atoms with Gasteiger partial charge in [-0.05, 0) is 62.4 Å². The Balaban J connectivity index is 1.22. The number of amides is 1. The number of carbonyl (C=O) groups is 1. The van der Waals surface area contributed by atoms with Crippen LogP contribution in [0.1, 0.15) is 76.9 Å². The molecule has 3 heterocycles. The molecule has 6 rings (SSSR count). The maximum Gasteiger partial charge on any atom is 0.271 e. The third-order valence-corrected chi connectivity index (χ3v) is 7.77. The molecule has 10 heteroatoms. The fourth-order valence-corrected chi connectivity index (χ4v) is 5.32. The minimum atomic E-state index is -0.551. The average molecular weight is 544 g/mol. The molecule has 2 aromatic carbocycles. The summed E-state index contributed by atoms with van der Waals surface area (Å²) >= 11 is 0. The Morgan fingerprint density at radius 1 is 1.15 bits per heavy atom. The van der Waals surface area contributed by atoms with Gasteiger partial charge >= 0.3 is 0 Å². The average Bonchev–Trinajstić information content (AvgIpc) is 3.33. The van der Waals surface area contributed by atoms with Crippen LogP contribution in [0.3, 0.4) is 0 Å². The van der Waals surface area contributed by atoms with Crippen molar-refractivity contribution >= 4 is 5.91 Å². The number of methoxy groups -OCH3 is 1. The molecular formula is C30H34FN7O2. The van der Waals surface area contributed by atoms with Gasteiger partial charge in [0.1, 0.15) is 11.5 Å². The lowest BCUT2D eigenvalue weighted by Crippen LogP contribution is -2.25. The predicted molar refractivity (Wildman–Crippen MR) is 148 cm³/mol. The summed E-state index contributed by atoms with van der Waals surface area (Å²) in [5.74, 6) is 0.484. The summed E-state index contributed by atoms with van der Waals surface area (Å²) in [7, 11) is 1.41. The number of fused-ring (bicyclic) bond motifs is 1. The lowest BCUT2D eigenvalue weighted by Gasteiger charge is -2.18. The van der Waals surface area contributed by atoms with Gasteiger partial charge < -0.3 is 14.6 Å². The summed E-state index contributed by atoms with van der Waals surface area (Å²) in [5.41, 5.74) is 5.72. The number of rotatable bonds is 9. The molecule has 40 heavy (non-hydrogen) atoms. The summed E-state index contributed by atoms with van der Waals surface area (Å²) in [4.78, 5) is 20.5. The van der Waals surface area contributed by atoms with Gasteiger partial charge in [-0.2, -0.15) is 0 Å². The Kier molecular flexibility index (Phi) is 6.87. The Hall–Kier alpha value is -4.05.